The summed E-state index contributed by atoms with van der Waals surface area (Å²) < 4.78 is 0. The average Bonchev–Trinajstić information content (AvgIpc) is 0.990. The lowest BCUT2D eigenvalue weighted by Gasteiger charge is -2.34. The van der Waals surface area contributed by atoms with Crippen LogP contribution < -0.4 is 94.4 Å². The second-order valence-corrected chi connectivity index (χ2v) is 23.3. The fraction of sp³-hybridized carbons (Fsp3) is 0. The van der Waals surface area contributed by atoms with Crippen LogP contribution in [0.25, 0.3) is 76.5 Å². The lowest BCUT2D eigenvalue weighted by Crippen LogP contribution is -2.95. The van der Waals surface area contributed by atoms with Gasteiger partial charge < -0.3 is 51.4 Å². The maximum Gasteiger partial charge on any atom is 0.643 e. The fourth-order valence-corrected chi connectivity index (χ4v) is 14.2. The summed E-state index contributed by atoms with van der Waals surface area (Å²) in [4.78, 5) is 36.6. The van der Waals surface area contributed by atoms with Gasteiger partial charge >= 0.3 is 27.9 Å². The van der Waals surface area contributed by atoms with Crippen LogP contribution in [-0.4, -0.2) is 39.5 Å². The Morgan fingerprint density at radius 1 is 0.307 bits per heavy atom. The van der Waals surface area contributed by atoms with E-state index < -0.39 is 0 Å². The van der Waals surface area contributed by atoms with Crippen LogP contribution in [0.5, 0.6) is 0 Å². The van der Waals surface area contributed by atoms with E-state index in [1.165, 1.54) is 0 Å². The third-order valence-corrected chi connectivity index (χ3v) is 18.5. The molecular formula is C72H46B4N8O4. The number of Topliss-reactive ketones (excluding diaryl/α,β-unsaturated/α-hetero) is 2. The molecule has 12 aromatic carbocycles. The van der Waals surface area contributed by atoms with Gasteiger partial charge in [-0.2, -0.15) is 0 Å². The summed E-state index contributed by atoms with van der Waals surface area (Å²) in [5, 5.41) is 61.8. The molecule has 0 atom stereocenters. The molecule has 0 unspecified atom stereocenters. The molecule has 88 heavy (non-hydrogen) atoms. The van der Waals surface area contributed by atoms with E-state index in [1.54, 1.807) is 0 Å². The number of benzene rings is 12. The van der Waals surface area contributed by atoms with Crippen LogP contribution in [-0.2, 0) is 9.59 Å². The molecule has 410 valence electrons. The quantitative estimate of drug-likeness (QED) is 0.111. The lowest BCUT2D eigenvalue weighted by atomic mass is 9.64. The third kappa shape index (κ3) is 7.45. The maximum absolute atomic E-state index is 14.7. The van der Waals surface area contributed by atoms with Crippen molar-refractivity contribution in [3.8, 4) is 11.1 Å². The Morgan fingerprint density at radius 2 is 0.670 bits per heavy atom. The predicted octanol–water partition coefficient (Wildman–Crippen LogP) is 2.48. The van der Waals surface area contributed by atoms with Gasteiger partial charge in [0.25, 0.3) is 0 Å². The first-order valence-corrected chi connectivity index (χ1v) is 29.6. The van der Waals surface area contributed by atoms with Crippen LogP contribution in [0.4, 0.5) is 34.1 Å². The summed E-state index contributed by atoms with van der Waals surface area (Å²) in [6, 6.07) is 76.9. The van der Waals surface area contributed by atoms with Gasteiger partial charge in [-0.05, 0) is 80.0 Å². The maximum atomic E-state index is 14.7. The van der Waals surface area contributed by atoms with Crippen molar-refractivity contribution in [1.82, 2.24) is 0 Å². The van der Waals surface area contributed by atoms with Crippen molar-refractivity contribution >= 4 is 161 Å². The zero-order valence-electron chi connectivity index (χ0n) is 46.9. The number of carbonyl (C=O) groups excluding carboxylic acids is 2. The molecule has 8 N–H and O–H groups in total. The van der Waals surface area contributed by atoms with Crippen molar-refractivity contribution in [1.29, 1.82) is 0 Å². The van der Waals surface area contributed by atoms with Crippen molar-refractivity contribution in [3.05, 3.63) is 274 Å². The first-order chi connectivity index (χ1) is 43.3. The minimum atomic E-state index is -0.379. The number of nitrogens with one attached hydrogen (secondary N) is 8. The molecule has 16 heteroatoms. The molecular weight excluding hydrogens is 1080 g/mol. The fourth-order valence-electron chi connectivity index (χ4n) is 14.2. The van der Waals surface area contributed by atoms with Crippen molar-refractivity contribution in [2.24, 2.45) is 0 Å². The van der Waals surface area contributed by atoms with Gasteiger partial charge in [0.15, 0.2) is 22.3 Å². The average molecular weight is 1130 g/mol. The van der Waals surface area contributed by atoms with Crippen LogP contribution in [0, 0.1) is 0 Å². The molecule has 0 amide bonds. The van der Waals surface area contributed by atoms with Gasteiger partial charge in [0.05, 0.1) is 21.2 Å². The van der Waals surface area contributed by atoms with Gasteiger partial charge in [-0.25, -0.2) is 0 Å². The van der Waals surface area contributed by atoms with Crippen LogP contribution in [0.15, 0.2) is 242 Å². The molecule has 12 aromatic rings. The predicted molar refractivity (Wildman–Crippen MR) is 353 cm³/mol. The molecule has 0 radical (unpaired) electrons. The van der Waals surface area contributed by atoms with Crippen molar-refractivity contribution in [2.45, 2.75) is 0 Å². The second kappa shape index (κ2) is 19.0. The molecule has 4 aliphatic heterocycles. The van der Waals surface area contributed by atoms with Crippen LogP contribution >= 0.6 is 0 Å². The van der Waals surface area contributed by atoms with E-state index >= 15 is 0 Å². The first-order valence-electron chi connectivity index (χ1n) is 29.6. The molecule has 0 spiro atoms. The number of carbonyl (C=O) groups is 2. The summed E-state index contributed by atoms with van der Waals surface area (Å²) in [5.41, 5.74) is 13.1. The minimum Gasteiger partial charge on any atom is -0.871 e. The lowest BCUT2D eigenvalue weighted by molar-refractivity contribution is -0.343. The standard InChI is InChI=1S/C72H46B4N8O4/c85-69-61(49-35-27-41-11-7-19-53-57(41)65(49)81-73(77-53)45-15-3-1-4-16-45)70(86)63(69)51-37-29-43-13-9-21-55-59(43)67(51)83-75(79-55)47-31-23-39(24-32-47)40-25-33-48(34-26-40)76-80-56-22-10-14-44-30-38-52(68(84-76)60(44)56)64-71(87)62(72(64)88)50-36-28-42-12-8-20-54-58(42)66(50)82-74(78-54)46-17-5-2-6-18-46/h1-38,77-80,83-85,87H/b61-49+,62-50+. The van der Waals surface area contributed by atoms with Crippen LogP contribution in [0.1, 0.15) is 11.1 Å². The summed E-state index contributed by atoms with van der Waals surface area (Å²) >= 11 is 0. The topological polar surface area (TPSA) is 180 Å². The molecule has 0 saturated heterocycles. The molecule has 2 aliphatic carbocycles. The number of hydrogen-bond donors (Lipinski definition) is 8. The van der Waals surface area contributed by atoms with E-state index in [0.717, 1.165) is 121 Å². The Balaban J connectivity index is 0.639. The SMILES string of the molecule is O=C1C(c2ccc3cccc4c3c2NB(c2ccc(-c3ccc(B5Nc6cccc7ccc(C8=C([O-])/C(=c9/ccc%10cccc%11c%10c9=[NH+]B(c9ccccc9)N%11)C8=O)c(c67)N5)cc3)cc2)N4)=C([O-])/C1=c1/ccc2cccc3c2c1=[NH+]B(c1ccccc1)N3. The van der Waals surface area contributed by atoms with Crippen molar-refractivity contribution in [2.75, 3.05) is 31.4 Å². The van der Waals surface area contributed by atoms with Gasteiger partial charge in [0.2, 0.25) is 0 Å². The normalized spacial score (nSPS) is 16.5. The van der Waals surface area contributed by atoms with Crippen molar-refractivity contribution in [3.63, 3.8) is 0 Å². The Morgan fingerprint density at radius 3 is 1.06 bits per heavy atom. The smallest absolute Gasteiger partial charge is 0.643 e. The van der Waals surface area contributed by atoms with Gasteiger partial charge in [-0.1, -0.05) is 206 Å². The highest BCUT2D eigenvalue weighted by Gasteiger charge is 2.40. The Labute approximate surface area is 504 Å². The molecule has 6 aliphatic rings. The monoisotopic (exact) mass is 1130 g/mol. The summed E-state index contributed by atoms with van der Waals surface area (Å²) in [6.45, 7) is -1.28. The van der Waals surface area contributed by atoms with E-state index in [9.17, 15) is 19.8 Å². The highest BCUT2D eigenvalue weighted by Crippen LogP contribution is 2.46. The van der Waals surface area contributed by atoms with E-state index in [1.807, 2.05) is 158 Å². The Bertz CT molecular complexity index is 5150. The van der Waals surface area contributed by atoms with Crippen LogP contribution in [0.2, 0.25) is 0 Å². The summed E-state index contributed by atoms with van der Waals surface area (Å²) in [7, 11) is 0. The van der Waals surface area contributed by atoms with E-state index in [4.69, 9.17) is 0 Å². The third-order valence-electron chi connectivity index (χ3n) is 18.5. The molecule has 0 aromatic heterocycles. The number of allylic oxidation sites excluding steroid dienone is 4. The van der Waals surface area contributed by atoms with Crippen molar-refractivity contribution < 1.29 is 29.6 Å². The highest BCUT2D eigenvalue weighted by molar-refractivity contribution is 6.81. The number of ketones is 2. The number of anilines is 6. The first kappa shape index (κ1) is 49.9. The minimum absolute atomic E-state index is 0.173. The highest BCUT2D eigenvalue weighted by atomic mass is 16.3. The summed E-state index contributed by atoms with van der Waals surface area (Å²) in [5.74, 6) is -1.11. The van der Waals surface area contributed by atoms with Gasteiger partial charge in [-0.15, -0.1) is 0 Å². The van der Waals surface area contributed by atoms with E-state index in [-0.39, 0.29) is 73.3 Å². The van der Waals surface area contributed by atoms with Gasteiger partial charge in [0, 0.05) is 89.2 Å². The molecule has 12 nitrogen and oxygen atoms in total. The molecule has 0 bridgehead atoms. The largest absolute Gasteiger partial charge is 0.871 e. The zero-order valence-corrected chi connectivity index (χ0v) is 46.9. The van der Waals surface area contributed by atoms with Gasteiger partial charge in [0.1, 0.15) is 0 Å². The molecule has 0 saturated carbocycles. The second-order valence-electron chi connectivity index (χ2n) is 23.3. The Kier molecular flexibility index (Phi) is 10.8. The molecule has 0 fully saturated rings. The summed E-state index contributed by atoms with van der Waals surface area (Å²) in [6.07, 6.45) is 0. The Hall–Kier alpha value is -11.5. The van der Waals surface area contributed by atoms with Crippen LogP contribution in [0.3, 0.4) is 0 Å². The zero-order chi connectivity index (χ0) is 58.5. The van der Waals surface area contributed by atoms with E-state index in [2.05, 4.69) is 114 Å². The number of rotatable bonds is 7. The molecule has 4 heterocycles. The molecule has 18 rings (SSSR count). The van der Waals surface area contributed by atoms with Gasteiger partial charge in [-0.3, -0.25) is 9.59 Å². The number of hydrogen-bond acceptors (Lipinski definition) is 10. The van der Waals surface area contributed by atoms with E-state index in [0.29, 0.717) is 21.6 Å².